The fourth-order valence-electron chi connectivity index (χ4n) is 2.26. The monoisotopic (exact) mass is 330 g/mol. The fraction of sp³-hybridized carbons (Fsp3) is 0. The first-order chi connectivity index (χ1) is 10.5. The zero-order chi connectivity index (χ0) is 15.9. The number of carbonyl (C=O) groups excluding carboxylic acids is 1. The third kappa shape index (κ3) is 2.21. The highest BCUT2D eigenvalue weighted by Crippen LogP contribution is 2.33. The lowest BCUT2D eigenvalue weighted by atomic mass is 10.2. The van der Waals surface area contributed by atoms with Crippen molar-refractivity contribution in [1.82, 2.24) is 4.57 Å². The van der Waals surface area contributed by atoms with Crippen molar-refractivity contribution >= 4 is 40.0 Å². The smallest absolute Gasteiger partial charge is 0.262 e. The number of aromatic hydroxyl groups is 1. The van der Waals surface area contributed by atoms with E-state index in [0.717, 1.165) is 0 Å². The molecule has 3 rings (SSSR count). The number of hydrogen-bond acceptors (Lipinski definition) is 3. The van der Waals surface area contributed by atoms with Crippen LogP contribution in [0.1, 0.15) is 15.9 Å². The van der Waals surface area contributed by atoms with E-state index in [1.54, 1.807) is 24.3 Å². The number of nitrogens with zero attached hydrogens (tertiary/aromatic N) is 2. The number of rotatable bonds is 1. The number of phenolic OH excluding ortho intramolecular Hbond substituents is 1. The SMILES string of the molecule is N#Cc1cn(C(=O)c2cc(Cl)c(O)c(Cl)c2)c2ccccc12. The Balaban J connectivity index is 2.20. The van der Waals surface area contributed by atoms with E-state index in [0.29, 0.717) is 16.5 Å². The van der Waals surface area contributed by atoms with Crippen LogP contribution in [0.25, 0.3) is 10.9 Å². The summed E-state index contributed by atoms with van der Waals surface area (Å²) in [6.07, 6.45) is 1.47. The van der Waals surface area contributed by atoms with Crippen LogP contribution < -0.4 is 0 Å². The molecule has 0 bridgehead atoms. The molecule has 108 valence electrons. The minimum atomic E-state index is -0.387. The van der Waals surface area contributed by atoms with Crippen molar-refractivity contribution < 1.29 is 9.90 Å². The summed E-state index contributed by atoms with van der Waals surface area (Å²) in [5.74, 6) is -0.656. The van der Waals surface area contributed by atoms with Gasteiger partial charge < -0.3 is 5.11 Å². The number of halogens is 2. The Morgan fingerprint density at radius 2 is 1.82 bits per heavy atom. The molecular formula is C16H8Cl2N2O2. The average molecular weight is 331 g/mol. The van der Waals surface area contributed by atoms with Gasteiger partial charge in [-0.2, -0.15) is 5.26 Å². The van der Waals surface area contributed by atoms with Crippen molar-refractivity contribution in [2.24, 2.45) is 0 Å². The lowest BCUT2D eigenvalue weighted by Gasteiger charge is -2.07. The minimum absolute atomic E-state index is 0.00665. The second kappa shape index (κ2) is 5.38. The quantitative estimate of drug-likeness (QED) is 0.726. The number of phenols is 1. The highest BCUT2D eigenvalue weighted by Gasteiger charge is 2.17. The van der Waals surface area contributed by atoms with Crippen LogP contribution >= 0.6 is 23.2 Å². The molecule has 6 heteroatoms. The number of fused-ring (bicyclic) bond motifs is 1. The van der Waals surface area contributed by atoms with Gasteiger partial charge in [-0.15, -0.1) is 0 Å². The van der Waals surface area contributed by atoms with Crippen LogP contribution in [0, 0.1) is 11.3 Å². The molecule has 3 aromatic rings. The molecule has 22 heavy (non-hydrogen) atoms. The largest absolute Gasteiger partial charge is 0.505 e. The lowest BCUT2D eigenvalue weighted by Crippen LogP contribution is -2.10. The molecule has 1 aromatic heterocycles. The van der Waals surface area contributed by atoms with Crippen LogP contribution in [-0.4, -0.2) is 15.6 Å². The van der Waals surface area contributed by atoms with Gasteiger partial charge in [-0.25, -0.2) is 0 Å². The third-order valence-corrected chi connectivity index (χ3v) is 3.89. The maximum atomic E-state index is 12.7. The van der Waals surface area contributed by atoms with Crippen LogP contribution in [0.5, 0.6) is 5.75 Å². The Hall–Kier alpha value is -2.48. The number of carbonyl (C=O) groups is 1. The molecule has 2 aromatic carbocycles. The molecule has 1 N–H and O–H groups in total. The molecule has 0 aliphatic rings. The van der Waals surface area contributed by atoms with Crippen molar-refractivity contribution in [3.63, 3.8) is 0 Å². The normalized spacial score (nSPS) is 10.6. The van der Waals surface area contributed by atoms with Gasteiger partial charge in [0.25, 0.3) is 5.91 Å². The van der Waals surface area contributed by atoms with E-state index in [2.05, 4.69) is 6.07 Å². The van der Waals surface area contributed by atoms with Crippen molar-refractivity contribution in [2.75, 3.05) is 0 Å². The van der Waals surface area contributed by atoms with Gasteiger partial charge in [0.05, 0.1) is 21.1 Å². The Kier molecular flexibility index (Phi) is 3.53. The molecule has 0 fully saturated rings. The van der Waals surface area contributed by atoms with Gasteiger partial charge in [-0.3, -0.25) is 9.36 Å². The van der Waals surface area contributed by atoms with Gasteiger partial charge in [-0.1, -0.05) is 41.4 Å². The minimum Gasteiger partial charge on any atom is -0.505 e. The van der Waals surface area contributed by atoms with E-state index in [9.17, 15) is 15.2 Å². The fourth-order valence-corrected chi connectivity index (χ4v) is 2.75. The molecule has 0 radical (unpaired) electrons. The van der Waals surface area contributed by atoms with Gasteiger partial charge in [0, 0.05) is 17.1 Å². The highest BCUT2D eigenvalue weighted by atomic mass is 35.5. The Labute approximate surface area is 135 Å². The number of aromatic nitrogens is 1. The van der Waals surface area contributed by atoms with E-state index < -0.39 is 0 Å². The molecule has 0 aliphatic carbocycles. The summed E-state index contributed by atoms with van der Waals surface area (Å²) in [4.78, 5) is 12.7. The average Bonchev–Trinajstić information content (AvgIpc) is 2.90. The molecule has 0 spiro atoms. The number of benzene rings is 2. The summed E-state index contributed by atoms with van der Waals surface area (Å²) in [6, 6.07) is 11.8. The van der Waals surface area contributed by atoms with Gasteiger partial charge in [0.1, 0.15) is 6.07 Å². The molecule has 0 unspecified atom stereocenters. The Bertz CT molecular complexity index is 931. The predicted molar refractivity (Wildman–Crippen MR) is 84.5 cm³/mol. The Morgan fingerprint density at radius 3 is 2.45 bits per heavy atom. The van der Waals surface area contributed by atoms with E-state index in [-0.39, 0.29) is 27.3 Å². The van der Waals surface area contributed by atoms with Crippen molar-refractivity contribution in [3.8, 4) is 11.8 Å². The third-order valence-electron chi connectivity index (χ3n) is 3.32. The van der Waals surface area contributed by atoms with E-state index in [1.165, 1.54) is 22.9 Å². The Morgan fingerprint density at radius 1 is 1.18 bits per heavy atom. The molecule has 0 saturated carbocycles. The van der Waals surface area contributed by atoms with Crippen molar-refractivity contribution in [3.05, 3.63) is 63.8 Å². The molecule has 4 nitrogen and oxygen atoms in total. The number of hydrogen-bond donors (Lipinski definition) is 1. The summed E-state index contributed by atoms with van der Waals surface area (Å²) < 4.78 is 1.37. The summed E-state index contributed by atoms with van der Waals surface area (Å²) in [6.45, 7) is 0. The zero-order valence-electron chi connectivity index (χ0n) is 11.0. The van der Waals surface area contributed by atoms with Crippen LogP contribution in [0.2, 0.25) is 10.0 Å². The standard InChI is InChI=1S/C16H8Cl2N2O2/c17-12-5-9(6-13(18)15(12)21)16(22)20-8-10(7-19)11-3-1-2-4-14(11)20/h1-6,8,21H. The van der Waals surface area contributed by atoms with Crippen LogP contribution in [0.4, 0.5) is 0 Å². The molecule has 1 heterocycles. The van der Waals surface area contributed by atoms with Gasteiger partial charge in [-0.05, 0) is 18.2 Å². The van der Waals surface area contributed by atoms with E-state index in [1.807, 2.05) is 0 Å². The van der Waals surface area contributed by atoms with E-state index >= 15 is 0 Å². The van der Waals surface area contributed by atoms with Crippen LogP contribution in [-0.2, 0) is 0 Å². The topological polar surface area (TPSA) is 66.0 Å². The van der Waals surface area contributed by atoms with Gasteiger partial charge in [0.15, 0.2) is 5.75 Å². The first-order valence-electron chi connectivity index (χ1n) is 6.26. The molecule has 0 aliphatic heterocycles. The lowest BCUT2D eigenvalue weighted by molar-refractivity contribution is 0.0965. The second-order valence-corrected chi connectivity index (χ2v) is 5.45. The summed E-state index contributed by atoms with van der Waals surface area (Å²) in [5.41, 5.74) is 1.24. The van der Waals surface area contributed by atoms with Crippen molar-refractivity contribution in [1.29, 1.82) is 5.26 Å². The summed E-state index contributed by atoms with van der Waals surface area (Å²) in [5, 5.41) is 19.4. The number of para-hydroxylation sites is 1. The molecule has 0 saturated heterocycles. The predicted octanol–water partition coefficient (Wildman–Crippen LogP) is 4.21. The van der Waals surface area contributed by atoms with E-state index in [4.69, 9.17) is 23.2 Å². The number of nitriles is 1. The van der Waals surface area contributed by atoms with Gasteiger partial charge >= 0.3 is 0 Å². The molecule has 0 amide bonds. The van der Waals surface area contributed by atoms with Gasteiger partial charge in [0.2, 0.25) is 0 Å². The molecule has 0 atom stereocenters. The zero-order valence-corrected chi connectivity index (χ0v) is 12.6. The summed E-state index contributed by atoms with van der Waals surface area (Å²) in [7, 11) is 0. The first kappa shape index (κ1) is 14.5. The summed E-state index contributed by atoms with van der Waals surface area (Å²) >= 11 is 11.7. The van der Waals surface area contributed by atoms with Crippen LogP contribution in [0.3, 0.4) is 0 Å². The molecular weight excluding hydrogens is 323 g/mol. The second-order valence-electron chi connectivity index (χ2n) is 4.64. The first-order valence-corrected chi connectivity index (χ1v) is 7.01. The maximum absolute atomic E-state index is 12.7. The van der Waals surface area contributed by atoms with Crippen LogP contribution in [0.15, 0.2) is 42.6 Å². The maximum Gasteiger partial charge on any atom is 0.262 e. The van der Waals surface area contributed by atoms with Crippen molar-refractivity contribution in [2.45, 2.75) is 0 Å². The highest BCUT2D eigenvalue weighted by molar-refractivity contribution is 6.37.